The number of hydrogen-bond donors (Lipinski definition) is 1. The maximum atomic E-state index is 12.1. The first-order chi connectivity index (χ1) is 10.7. The van der Waals surface area contributed by atoms with Gasteiger partial charge < -0.3 is 14.8 Å². The second kappa shape index (κ2) is 8.34. The number of para-hydroxylation sites is 3. The zero-order valence-corrected chi connectivity index (χ0v) is 13.5. The molecule has 1 amide bonds. The summed E-state index contributed by atoms with van der Waals surface area (Å²) in [6.07, 6.45) is 0. The van der Waals surface area contributed by atoms with E-state index in [4.69, 9.17) is 9.47 Å². The molecular weight excluding hydrogens is 298 g/mol. The lowest BCUT2D eigenvalue weighted by Crippen LogP contribution is -2.20. The zero-order valence-electron chi connectivity index (χ0n) is 12.7. The normalized spacial score (nSPS) is 10.1. The van der Waals surface area contributed by atoms with Crippen LogP contribution in [0.15, 0.2) is 53.4 Å². The summed E-state index contributed by atoms with van der Waals surface area (Å²) < 4.78 is 10.7. The maximum Gasteiger partial charge on any atom is 0.262 e. The van der Waals surface area contributed by atoms with Crippen LogP contribution in [0.4, 0.5) is 5.69 Å². The lowest BCUT2D eigenvalue weighted by atomic mass is 10.3. The van der Waals surface area contributed by atoms with E-state index in [1.807, 2.05) is 36.4 Å². The van der Waals surface area contributed by atoms with E-state index < -0.39 is 0 Å². The predicted molar refractivity (Wildman–Crippen MR) is 90.0 cm³/mol. The smallest absolute Gasteiger partial charge is 0.262 e. The fourth-order valence-corrected chi connectivity index (χ4v) is 2.68. The van der Waals surface area contributed by atoms with E-state index in [0.717, 1.165) is 16.3 Å². The lowest BCUT2D eigenvalue weighted by Gasteiger charge is -2.12. The number of amides is 1. The van der Waals surface area contributed by atoms with Crippen LogP contribution in [-0.4, -0.2) is 25.4 Å². The van der Waals surface area contributed by atoms with Gasteiger partial charge in [-0.15, -0.1) is 11.8 Å². The minimum atomic E-state index is -0.199. The Labute approximate surface area is 134 Å². The Morgan fingerprint density at radius 2 is 1.77 bits per heavy atom. The third-order valence-electron chi connectivity index (χ3n) is 2.89. The summed E-state index contributed by atoms with van der Waals surface area (Å²) in [7, 11) is 1.57. The highest BCUT2D eigenvalue weighted by Gasteiger charge is 2.09. The summed E-state index contributed by atoms with van der Waals surface area (Å²) in [5.41, 5.74) is 0.808. The van der Waals surface area contributed by atoms with Crippen LogP contribution in [0.25, 0.3) is 0 Å². The van der Waals surface area contributed by atoms with Crippen LogP contribution in [0.2, 0.25) is 0 Å². The molecule has 0 spiro atoms. The highest BCUT2D eigenvalue weighted by Crippen LogP contribution is 2.27. The van der Waals surface area contributed by atoms with Gasteiger partial charge in [-0.1, -0.05) is 31.2 Å². The molecule has 0 saturated heterocycles. The SMILES string of the molecule is CCSc1ccccc1NC(=O)COc1ccccc1OC. The molecule has 0 bridgehead atoms. The van der Waals surface area contributed by atoms with E-state index in [2.05, 4.69) is 12.2 Å². The van der Waals surface area contributed by atoms with E-state index in [0.29, 0.717) is 11.5 Å². The van der Waals surface area contributed by atoms with Crippen LogP contribution < -0.4 is 14.8 Å². The molecule has 2 rings (SSSR count). The first-order valence-electron chi connectivity index (χ1n) is 7.02. The summed E-state index contributed by atoms with van der Waals surface area (Å²) in [4.78, 5) is 13.1. The molecule has 0 aliphatic heterocycles. The Kier molecular flexibility index (Phi) is 6.15. The molecule has 0 atom stereocenters. The van der Waals surface area contributed by atoms with Crippen molar-refractivity contribution in [2.24, 2.45) is 0 Å². The van der Waals surface area contributed by atoms with Gasteiger partial charge in [0.05, 0.1) is 12.8 Å². The molecule has 0 aliphatic rings. The Morgan fingerprint density at radius 3 is 2.50 bits per heavy atom. The van der Waals surface area contributed by atoms with Gasteiger partial charge in [0.25, 0.3) is 5.91 Å². The van der Waals surface area contributed by atoms with Gasteiger partial charge >= 0.3 is 0 Å². The van der Waals surface area contributed by atoms with E-state index in [9.17, 15) is 4.79 Å². The van der Waals surface area contributed by atoms with E-state index in [1.165, 1.54) is 0 Å². The molecule has 4 nitrogen and oxygen atoms in total. The average molecular weight is 317 g/mol. The van der Waals surface area contributed by atoms with Crippen LogP contribution in [0.3, 0.4) is 0 Å². The Hall–Kier alpha value is -2.14. The predicted octanol–water partition coefficient (Wildman–Crippen LogP) is 3.82. The van der Waals surface area contributed by atoms with Crippen LogP contribution >= 0.6 is 11.8 Å². The summed E-state index contributed by atoms with van der Waals surface area (Å²) in [6, 6.07) is 15.0. The van der Waals surface area contributed by atoms with Crippen molar-refractivity contribution in [1.82, 2.24) is 0 Å². The third kappa shape index (κ3) is 4.43. The number of rotatable bonds is 7. The summed E-state index contributed by atoms with van der Waals surface area (Å²) >= 11 is 1.69. The van der Waals surface area contributed by atoms with Gasteiger partial charge in [-0.05, 0) is 30.0 Å². The van der Waals surface area contributed by atoms with Crippen LogP contribution in [0.5, 0.6) is 11.5 Å². The molecule has 2 aromatic carbocycles. The van der Waals surface area contributed by atoms with Crippen LogP contribution in [0.1, 0.15) is 6.92 Å². The molecule has 116 valence electrons. The molecule has 0 saturated carbocycles. The molecular formula is C17H19NO3S. The number of nitrogens with one attached hydrogen (secondary N) is 1. The van der Waals surface area contributed by atoms with Crippen molar-refractivity contribution in [2.45, 2.75) is 11.8 Å². The Balaban J connectivity index is 1.96. The van der Waals surface area contributed by atoms with Gasteiger partial charge in [0.15, 0.2) is 18.1 Å². The largest absolute Gasteiger partial charge is 0.493 e. The number of carbonyl (C=O) groups is 1. The minimum absolute atomic E-state index is 0.0640. The molecule has 0 aromatic heterocycles. The van der Waals surface area contributed by atoms with Crippen LogP contribution in [-0.2, 0) is 4.79 Å². The molecule has 0 heterocycles. The Bertz CT molecular complexity index is 631. The van der Waals surface area contributed by atoms with Gasteiger partial charge in [-0.3, -0.25) is 4.79 Å². The zero-order chi connectivity index (χ0) is 15.8. The van der Waals surface area contributed by atoms with Crippen molar-refractivity contribution in [1.29, 1.82) is 0 Å². The number of anilines is 1. The molecule has 2 aromatic rings. The average Bonchev–Trinajstić information content (AvgIpc) is 2.55. The van der Waals surface area contributed by atoms with Crippen molar-refractivity contribution in [3.63, 3.8) is 0 Å². The molecule has 0 fully saturated rings. The second-order valence-corrected chi connectivity index (χ2v) is 5.72. The molecule has 22 heavy (non-hydrogen) atoms. The summed E-state index contributed by atoms with van der Waals surface area (Å²) in [5, 5.41) is 2.88. The minimum Gasteiger partial charge on any atom is -0.493 e. The summed E-state index contributed by atoms with van der Waals surface area (Å²) in [6.45, 7) is 2.01. The van der Waals surface area contributed by atoms with Crippen molar-refractivity contribution < 1.29 is 14.3 Å². The maximum absolute atomic E-state index is 12.1. The number of methoxy groups -OCH3 is 1. The van der Waals surface area contributed by atoms with Gasteiger partial charge in [0.2, 0.25) is 0 Å². The third-order valence-corrected chi connectivity index (χ3v) is 3.84. The first-order valence-corrected chi connectivity index (χ1v) is 8.00. The van der Waals surface area contributed by atoms with E-state index in [-0.39, 0.29) is 12.5 Å². The van der Waals surface area contributed by atoms with Gasteiger partial charge in [0.1, 0.15) is 0 Å². The highest BCUT2D eigenvalue weighted by molar-refractivity contribution is 7.99. The molecule has 0 aliphatic carbocycles. The number of thioether (sulfide) groups is 1. The summed E-state index contributed by atoms with van der Waals surface area (Å²) in [5.74, 6) is 1.91. The van der Waals surface area contributed by atoms with Crippen molar-refractivity contribution >= 4 is 23.4 Å². The molecule has 0 unspecified atom stereocenters. The first kappa shape index (κ1) is 16.2. The number of benzene rings is 2. The van der Waals surface area contributed by atoms with E-state index >= 15 is 0 Å². The molecule has 0 radical (unpaired) electrons. The number of hydrogen-bond acceptors (Lipinski definition) is 4. The fourth-order valence-electron chi connectivity index (χ4n) is 1.92. The fraction of sp³-hybridized carbons (Fsp3) is 0.235. The van der Waals surface area contributed by atoms with Gasteiger partial charge in [0, 0.05) is 4.90 Å². The van der Waals surface area contributed by atoms with Gasteiger partial charge in [-0.2, -0.15) is 0 Å². The Morgan fingerprint density at radius 1 is 1.09 bits per heavy atom. The monoisotopic (exact) mass is 317 g/mol. The highest BCUT2D eigenvalue weighted by atomic mass is 32.2. The van der Waals surface area contributed by atoms with E-state index in [1.54, 1.807) is 31.0 Å². The molecule has 5 heteroatoms. The topological polar surface area (TPSA) is 47.6 Å². The van der Waals surface area contributed by atoms with Crippen molar-refractivity contribution in [2.75, 3.05) is 24.8 Å². The lowest BCUT2D eigenvalue weighted by molar-refractivity contribution is -0.118. The number of ether oxygens (including phenoxy) is 2. The standard InChI is InChI=1S/C17H19NO3S/c1-3-22-16-11-7-4-8-13(16)18-17(19)12-21-15-10-6-5-9-14(15)20-2/h4-11H,3,12H2,1-2H3,(H,18,19). The van der Waals surface area contributed by atoms with Gasteiger partial charge in [-0.25, -0.2) is 0 Å². The second-order valence-electron chi connectivity index (χ2n) is 4.42. The van der Waals surface area contributed by atoms with Crippen LogP contribution in [0, 0.1) is 0 Å². The quantitative estimate of drug-likeness (QED) is 0.789. The van der Waals surface area contributed by atoms with Crippen molar-refractivity contribution in [3.8, 4) is 11.5 Å². The molecule has 1 N–H and O–H groups in total. The van der Waals surface area contributed by atoms with Crippen molar-refractivity contribution in [3.05, 3.63) is 48.5 Å². The number of carbonyl (C=O) groups excluding carboxylic acids is 1.